The highest BCUT2D eigenvalue weighted by Crippen LogP contribution is 1.47. The maximum Gasteiger partial charge on any atom is 0.0651 e. The number of hydrogen-bond donors (Lipinski definition) is 1. The fourth-order valence-corrected chi connectivity index (χ4v) is 0. The van der Waals surface area contributed by atoms with Crippen molar-refractivity contribution in [1.82, 2.24) is 5.73 Å². The van der Waals surface area contributed by atoms with E-state index in [1.54, 1.807) is 6.92 Å². The van der Waals surface area contributed by atoms with E-state index in [1.807, 2.05) is 0 Å². The molecule has 0 aromatic carbocycles. The van der Waals surface area contributed by atoms with Gasteiger partial charge in [0.15, 0.2) is 0 Å². The minimum Gasteiger partial charge on any atom is -0.315 e. The van der Waals surface area contributed by atoms with E-state index in [2.05, 4.69) is 0 Å². The third-order valence-electron chi connectivity index (χ3n) is 0. The molecule has 1 unspecified atom stereocenters. The van der Waals surface area contributed by atoms with Gasteiger partial charge in [-0.25, -0.2) is 5.73 Å². The van der Waals surface area contributed by atoms with E-state index < -0.39 is 6.17 Å². The second-order valence-corrected chi connectivity index (χ2v) is 0.789. The van der Waals surface area contributed by atoms with Crippen LogP contribution in [0.3, 0.4) is 0 Å². The predicted octanol–water partition coefficient (Wildman–Crippen LogP) is -0.426. The predicted molar refractivity (Wildman–Crippen MR) is 16.7 cm³/mol. The average molecular weight is 59.1 g/mol. The van der Waals surface area contributed by atoms with Crippen LogP contribution in [-0.4, -0.2) is 6.17 Å². The third kappa shape index (κ3) is 254. The van der Waals surface area contributed by atoms with Crippen molar-refractivity contribution in [3.63, 3.8) is 0 Å². The molecule has 0 saturated heterocycles. The Morgan fingerprint density at radius 2 is 2.00 bits per heavy atom. The molecule has 0 aromatic heterocycles. The van der Waals surface area contributed by atoms with Gasteiger partial charge >= 0.3 is 0 Å². The number of rotatable bonds is 0. The normalized spacial score (nSPS) is 9.00. The van der Waals surface area contributed by atoms with E-state index >= 15 is 0 Å². The van der Waals surface area contributed by atoms with Crippen LogP contribution in [-0.2, 0) is 0 Å². The number of nitrogens with one attached hydrogen (secondary N) is 1. The zero-order valence-electron chi connectivity index (χ0n) is 2.65. The van der Waals surface area contributed by atoms with Crippen molar-refractivity contribution in [2.75, 3.05) is 0 Å². The van der Waals surface area contributed by atoms with Crippen molar-refractivity contribution < 1.29 is 0 Å². The summed E-state index contributed by atoms with van der Waals surface area (Å²) >= 11 is 0. The van der Waals surface area contributed by atoms with Crippen LogP contribution in [0.1, 0.15) is 6.92 Å². The van der Waals surface area contributed by atoms with Gasteiger partial charge in [0.1, 0.15) is 0 Å². The second-order valence-electron chi connectivity index (χ2n) is 0.789. The lowest BCUT2D eigenvalue weighted by atomic mass is 10.7. The zero-order valence-corrected chi connectivity index (χ0v) is 2.65. The van der Waals surface area contributed by atoms with Crippen LogP contribution in [0.15, 0.2) is 0 Å². The van der Waals surface area contributed by atoms with Crippen molar-refractivity contribution in [3.05, 3.63) is 0 Å². The largest absolute Gasteiger partial charge is 0.315 e. The Bertz CT molecular complexity index is 8.75. The average Bonchev–Trinajstić information content (AvgIpc) is 0.811. The Kier molecular flexibility index (Phi) is 1.24. The van der Waals surface area contributed by atoms with E-state index in [-0.39, 0.29) is 0 Å². The first-order valence-electron chi connectivity index (χ1n) is 1.20. The molecule has 25 valence electrons. The molecule has 1 radical (unpaired) electrons. The van der Waals surface area contributed by atoms with E-state index in [0.717, 1.165) is 0 Å². The monoisotopic (exact) mass is 59.1 g/mol. The summed E-state index contributed by atoms with van der Waals surface area (Å²) in [5.74, 6) is 0. The van der Waals surface area contributed by atoms with Crippen LogP contribution in [0.25, 0.3) is 0 Å². The van der Waals surface area contributed by atoms with Crippen LogP contribution in [0.5, 0.6) is 0 Å². The first kappa shape index (κ1) is 3.92. The van der Waals surface area contributed by atoms with Gasteiger partial charge in [-0.05, 0) is 6.92 Å². The molecule has 0 fully saturated rings. The van der Waals surface area contributed by atoms with Gasteiger partial charge in [-0.1, -0.05) is 0 Å². The van der Waals surface area contributed by atoms with Crippen molar-refractivity contribution in [1.29, 1.82) is 0 Å². The molecular weight excluding hydrogens is 52.0 g/mol. The Morgan fingerprint density at radius 3 is 2.00 bits per heavy atom. The van der Waals surface area contributed by atoms with E-state index in [4.69, 9.17) is 11.5 Å². The first-order chi connectivity index (χ1) is 1.73. The van der Waals surface area contributed by atoms with Gasteiger partial charge in [-0.2, -0.15) is 0 Å². The third-order valence-corrected chi connectivity index (χ3v) is 0. The van der Waals surface area contributed by atoms with Gasteiger partial charge in [0, 0.05) is 0 Å². The summed E-state index contributed by atoms with van der Waals surface area (Å²) in [6, 6.07) is 0. The second kappa shape index (κ2) is 1.26. The van der Waals surface area contributed by atoms with Crippen LogP contribution < -0.4 is 11.5 Å². The fourth-order valence-electron chi connectivity index (χ4n) is 0. The van der Waals surface area contributed by atoms with E-state index in [9.17, 15) is 0 Å². The molecule has 0 saturated carbocycles. The number of nitrogens with two attached hydrogens (primary N) is 1. The van der Waals surface area contributed by atoms with Crippen molar-refractivity contribution >= 4 is 0 Å². The SMILES string of the molecule is CC([NH])N. The summed E-state index contributed by atoms with van der Waals surface area (Å²) in [7, 11) is 0. The lowest BCUT2D eigenvalue weighted by molar-refractivity contribution is 0.763. The van der Waals surface area contributed by atoms with Gasteiger partial charge in [-0.3, -0.25) is 0 Å². The standard InChI is InChI=1S/C2H7N2/c1-2(3)4/h2-3H,4H2,1H3. The molecular formula is C2H7N2. The molecule has 2 nitrogen and oxygen atoms in total. The minimum absolute atomic E-state index is 0.417. The molecule has 0 aromatic rings. The van der Waals surface area contributed by atoms with Crippen molar-refractivity contribution in [2.24, 2.45) is 5.73 Å². The quantitative estimate of drug-likeness (QED) is 0.404. The van der Waals surface area contributed by atoms with E-state index in [0.29, 0.717) is 0 Å². The van der Waals surface area contributed by atoms with Crippen molar-refractivity contribution in [2.45, 2.75) is 13.1 Å². The molecule has 3 N–H and O–H groups in total. The molecule has 2 heteroatoms. The van der Waals surface area contributed by atoms with Gasteiger partial charge in [0.05, 0.1) is 6.17 Å². The van der Waals surface area contributed by atoms with Crippen LogP contribution in [0, 0.1) is 0 Å². The van der Waals surface area contributed by atoms with Crippen LogP contribution in [0.2, 0.25) is 0 Å². The molecule has 0 amide bonds. The summed E-state index contributed by atoms with van der Waals surface area (Å²) in [5.41, 5.74) is 11.1. The molecule has 0 heterocycles. The van der Waals surface area contributed by atoms with Gasteiger partial charge in [0.25, 0.3) is 0 Å². The Hall–Kier alpha value is -0.0800. The molecule has 0 spiro atoms. The lowest BCUT2D eigenvalue weighted by Crippen LogP contribution is -2.14. The summed E-state index contributed by atoms with van der Waals surface area (Å²) in [6.45, 7) is 1.61. The summed E-state index contributed by atoms with van der Waals surface area (Å²) < 4.78 is 0. The summed E-state index contributed by atoms with van der Waals surface area (Å²) in [6.07, 6.45) is -0.417. The minimum atomic E-state index is -0.417. The first-order valence-corrected chi connectivity index (χ1v) is 1.20. The Labute approximate surface area is 25.8 Å². The molecule has 1 atom stereocenters. The highest BCUT2D eigenvalue weighted by molar-refractivity contribution is 4.27. The van der Waals surface area contributed by atoms with Crippen LogP contribution >= 0.6 is 0 Å². The smallest absolute Gasteiger partial charge is 0.0651 e. The maximum absolute atomic E-state index is 6.36. The Balaban J connectivity index is 2.32. The summed E-state index contributed by atoms with van der Waals surface area (Å²) in [4.78, 5) is 0. The maximum atomic E-state index is 6.36. The van der Waals surface area contributed by atoms with Gasteiger partial charge in [-0.15, -0.1) is 0 Å². The zero-order chi connectivity index (χ0) is 3.58. The molecule has 4 heavy (non-hydrogen) atoms. The molecule has 0 aliphatic heterocycles. The topological polar surface area (TPSA) is 49.8 Å². The number of hydrogen-bond acceptors (Lipinski definition) is 1. The lowest BCUT2D eigenvalue weighted by Gasteiger charge is -1.81. The highest BCUT2D eigenvalue weighted by atomic mass is 14.8. The fraction of sp³-hybridized carbons (Fsp3) is 1.00. The molecule has 0 aliphatic rings. The van der Waals surface area contributed by atoms with Crippen LogP contribution in [0.4, 0.5) is 0 Å². The molecule has 0 rings (SSSR count). The Morgan fingerprint density at radius 1 is 2.00 bits per heavy atom. The highest BCUT2D eigenvalue weighted by Gasteiger charge is 1.68. The van der Waals surface area contributed by atoms with Gasteiger partial charge in [0.2, 0.25) is 0 Å². The van der Waals surface area contributed by atoms with E-state index in [1.165, 1.54) is 0 Å². The van der Waals surface area contributed by atoms with Gasteiger partial charge < -0.3 is 5.73 Å². The molecule has 0 bridgehead atoms. The molecule has 0 aliphatic carbocycles. The van der Waals surface area contributed by atoms with Crippen molar-refractivity contribution in [3.8, 4) is 0 Å². The summed E-state index contributed by atoms with van der Waals surface area (Å²) in [5, 5.41) is 0.